The van der Waals surface area contributed by atoms with Crippen LogP contribution in [-0.4, -0.2) is 80.7 Å². The van der Waals surface area contributed by atoms with Gasteiger partial charge >= 0.3 is 0 Å². The van der Waals surface area contributed by atoms with E-state index in [4.69, 9.17) is 10.5 Å². The first-order chi connectivity index (χ1) is 17.4. The third-order valence-corrected chi connectivity index (χ3v) is 8.99. The van der Waals surface area contributed by atoms with Crippen LogP contribution in [0.3, 0.4) is 0 Å². The Morgan fingerprint density at radius 1 is 1.16 bits per heavy atom. The molecule has 4 atom stereocenters. The number of aromatic hydroxyl groups is 1. The van der Waals surface area contributed by atoms with Crippen LogP contribution >= 0.6 is 0 Å². The van der Waals surface area contributed by atoms with Crippen LogP contribution in [0, 0.1) is 17.3 Å². The number of nitrogens with two attached hydrogens (primary N) is 1. The molecule has 1 amide bonds. The van der Waals surface area contributed by atoms with Crippen molar-refractivity contribution in [3.8, 4) is 5.75 Å². The van der Waals surface area contributed by atoms with Crippen LogP contribution in [0.15, 0.2) is 29.0 Å². The van der Waals surface area contributed by atoms with E-state index in [1.54, 1.807) is 6.07 Å². The van der Waals surface area contributed by atoms with Crippen molar-refractivity contribution in [2.75, 3.05) is 26.3 Å². The molecule has 10 nitrogen and oxygen atoms in total. The van der Waals surface area contributed by atoms with Gasteiger partial charge in [0, 0.05) is 30.0 Å². The number of rotatable bonds is 3. The molecule has 1 saturated carbocycles. The summed E-state index contributed by atoms with van der Waals surface area (Å²) in [6, 6.07) is 2.20. The van der Waals surface area contributed by atoms with Crippen molar-refractivity contribution in [2.24, 2.45) is 23.0 Å². The number of fused-ring (bicyclic) bond motifs is 3. The lowest BCUT2D eigenvalue weighted by atomic mass is 9.56. The third-order valence-electron chi connectivity index (χ3n) is 8.99. The van der Waals surface area contributed by atoms with Gasteiger partial charge in [-0.05, 0) is 41.9 Å². The molecule has 6 N–H and O–H groups in total. The van der Waals surface area contributed by atoms with Crippen molar-refractivity contribution in [1.82, 2.24) is 4.90 Å². The van der Waals surface area contributed by atoms with Gasteiger partial charge in [-0.1, -0.05) is 19.9 Å². The second-order valence-corrected chi connectivity index (χ2v) is 11.6. The molecule has 6 rings (SSSR count). The Kier molecular flexibility index (Phi) is 5.00. The molecular weight excluding hydrogens is 480 g/mol. The van der Waals surface area contributed by atoms with Gasteiger partial charge in [0.05, 0.1) is 24.8 Å². The van der Waals surface area contributed by atoms with Gasteiger partial charge in [-0.3, -0.25) is 19.3 Å². The quantitative estimate of drug-likeness (QED) is 0.370. The van der Waals surface area contributed by atoms with Gasteiger partial charge in [-0.2, -0.15) is 0 Å². The predicted octanol–water partition coefficient (Wildman–Crippen LogP) is 0.858. The molecule has 3 fully saturated rings. The van der Waals surface area contributed by atoms with Crippen LogP contribution in [0.2, 0.25) is 0 Å². The van der Waals surface area contributed by atoms with Crippen molar-refractivity contribution in [1.29, 1.82) is 0 Å². The molecule has 0 aromatic heterocycles. The fraction of sp³-hybridized carbons (Fsp3) is 0.519. The highest BCUT2D eigenvalue weighted by molar-refractivity contribution is 6.24. The topological polar surface area (TPSA) is 171 Å². The molecule has 37 heavy (non-hydrogen) atoms. The summed E-state index contributed by atoms with van der Waals surface area (Å²) in [5, 5.41) is 44.7. The molecule has 196 valence electrons. The number of likely N-dealkylation sites (tertiary alicyclic amines) is 1. The Balaban J connectivity index is 1.51. The lowest BCUT2D eigenvalue weighted by molar-refractivity contribution is -0.211. The molecule has 0 bridgehead atoms. The standard InChI is InChI=1S/C27H30N2O8/c1-11(2)13-3-4-16(30)18-14(13)5-12-6-15-20(29-7-26(8-29)9-37-10-26)22(32)19(25(28)35)24(34)27(15,36)23(33)17(12)21(18)31/h3-4,11-12,15,20,30-31,34,36H,5-10H2,1-2H3,(H2,28,35)/t12-,15-,20+,27-/m0/s1. The van der Waals surface area contributed by atoms with Crippen molar-refractivity contribution >= 4 is 23.2 Å². The van der Waals surface area contributed by atoms with Gasteiger partial charge in [0.2, 0.25) is 5.78 Å². The van der Waals surface area contributed by atoms with Crippen LogP contribution in [0.1, 0.15) is 42.9 Å². The van der Waals surface area contributed by atoms with Crippen LogP contribution in [-0.2, 0) is 25.5 Å². The second kappa shape index (κ2) is 7.66. The van der Waals surface area contributed by atoms with E-state index in [0.717, 1.165) is 5.56 Å². The number of carbonyl (C=O) groups excluding carboxylic acids is 3. The number of amides is 1. The molecule has 2 aliphatic heterocycles. The molecule has 0 radical (unpaired) electrons. The summed E-state index contributed by atoms with van der Waals surface area (Å²) in [7, 11) is 0. The smallest absolute Gasteiger partial charge is 0.255 e. The van der Waals surface area contributed by atoms with Crippen molar-refractivity contribution in [3.63, 3.8) is 0 Å². The molecule has 2 heterocycles. The molecule has 1 spiro atoms. The molecule has 10 heteroatoms. The highest BCUT2D eigenvalue weighted by atomic mass is 16.5. The van der Waals surface area contributed by atoms with E-state index in [1.807, 2.05) is 18.7 Å². The number of hydrogen-bond acceptors (Lipinski definition) is 9. The number of hydrogen-bond donors (Lipinski definition) is 5. The van der Waals surface area contributed by atoms with Crippen LogP contribution in [0.5, 0.6) is 5.75 Å². The molecule has 3 aliphatic carbocycles. The van der Waals surface area contributed by atoms with Gasteiger partial charge in [0.15, 0.2) is 11.4 Å². The molecule has 5 aliphatic rings. The van der Waals surface area contributed by atoms with Crippen molar-refractivity contribution in [2.45, 2.75) is 44.2 Å². The Bertz CT molecular complexity index is 1330. The summed E-state index contributed by atoms with van der Waals surface area (Å²) >= 11 is 0. The van der Waals surface area contributed by atoms with Gasteiger partial charge in [-0.15, -0.1) is 0 Å². The van der Waals surface area contributed by atoms with E-state index in [9.17, 15) is 34.8 Å². The summed E-state index contributed by atoms with van der Waals surface area (Å²) in [6.45, 7) is 6.05. The molecule has 1 aromatic rings. The maximum atomic E-state index is 14.0. The Morgan fingerprint density at radius 3 is 2.41 bits per heavy atom. The number of benzene rings is 1. The van der Waals surface area contributed by atoms with E-state index in [2.05, 4.69) is 0 Å². The maximum Gasteiger partial charge on any atom is 0.255 e. The van der Waals surface area contributed by atoms with Crippen LogP contribution < -0.4 is 5.73 Å². The fourth-order valence-electron chi connectivity index (χ4n) is 7.22. The van der Waals surface area contributed by atoms with Crippen molar-refractivity contribution < 1.29 is 39.5 Å². The number of aliphatic hydroxyl groups is 3. The van der Waals surface area contributed by atoms with Crippen LogP contribution in [0.25, 0.3) is 5.76 Å². The number of ether oxygens (including phenoxy) is 1. The lowest BCUT2D eigenvalue weighted by Gasteiger charge is -2.60. The summed E-state index contributed by atoms with van der Waals surface area (Å²) in [5.41, 5.74) is 3.57. The summed E-state index contributed by atoms with van der Waals surface area (Å²) in [6.07, 6.45) is 0.404. The highest BCUT2D eigenvalue weighted by Crippen LogP contribution is 2.54. The fourth-order valence-corrected chi connectivity index (χ4v) is 7.22. The van der Waals surface area contributed by atoms with E-state index in [-0.39, 0.29) is 34.6 Å². The van der Waals surface area contributed by atoms with Crippen LogP contribution in [0.4, 0.5) is 0 Å². The maximum absolute atomic E-state index is 14.0. The number of primary amides is 1. The number of nitrogens with zero attached hydrogens (tertiary/aromatic N) is 1. The van der Waals surface area contributed by atoms with Gasteiger partial charge in [0.25, 0.3) is 5.91 Å². The number of phenolic OH excluding ortho intramolecular Hbond substituents is 1. The number of ketones is 2. The number of Topliss-reactive ketones (excluding diaryl/α,β-unsaturated/α-hetero) is 2. The molecule has 1 aromatic carbocycles. The summed E-state index contributed by atoms with van der Waals surface area (Å²) in [4.78, 5) is 41.6. The molecule has 0 unspecified atom stereocenters. The first kappa shape index (κ1) is 24.1. The zero-order valence-corrected chi connectivity index (χ0v) is 20.7. The molecule has 2 saturated heterocycles. The van der Waals surface area contributed by atoms with E-state index in [0.29, 0.717) is 38.3 Å². The zero-order chi connectivity index (χ0) is 26.6. The van der Waals surface area contributed by atoms with E-state index in [1.165, 1.54) is 6.07 Å². The van der Waals surface area contributed by atoms with E-state index >= 15 is 0 Å². The number of aliphatic hydroxyl groups excluding tert-OH is 2. The average Bonchev–Trinajstić information content (AvgIpc) is 2.75. The zero-order valence-electron chi connectivity index (χ0n) is 20.7. The average molecular weight is 511 g/mol. The number of phenols is 1. The molecular formula is C27H30N2O8. The largest absolute Gasteiger partial charge is 0.508 e. The van der Waals surface area contributed by atoms with Crippen molar-refractivity contribution in [3.05, 3.63) is 45.7 Å². The van der Waals surface area contributed by atoms with Gasteiger partial charge in [-0.25, -0.2) is 0 Å². The second-order valence-electron chi connectivity index (χ2n) is 11.6. The highest BCUT2D eigenvalue weighted by Gasteiger charge is 2.66. The first-order valence-electron chi connectivity index (χ1n) is 12.6. The lowest BCUT2D eigenvalue weighted by Crippen LogP contribution is -2.74. The van der Waals surface area contributed by atoms with Gasteiger partial charge < -0.3 is 30.9 Å². The van der Waals surface area contributed by atoms with Gasteiger partial charge in [0.1, 0.15) is 22.8 Å². The first-order valence-corrected chi connectivity index (χ1v) is 12.6. The monoisotopic (exact) mass is 510 g/mol. The summed E-state index contributed by atoms with van der Waals surface area (Å²) in [5.74, 6) is -6.20. The normalized spacial score (nSPS) is 32.6. The third kappa shape index (κ3) is 3.00. The Labute approximate surface area is 213 Å². The SMILES string of the molecule is CC(C)c1ccc(O)c2c1C[C@H]1C[C@H]3[C@@H](N4CC5(COC5)C4)C(=O)C(C(N)=O)=C(O)[C@@]3(O)C(=O)C1=C2O. The minimum absolute atomic E-state index is 0.0796. The summed E-state index contributed by atoms with van der Waals surface area (Å²) < 4.78 is 5.33. The minimum Gasteiger partial charge on any atom is -0.508 e. The minimum atomic E-state index is -2.62. The van der Waals surface area contributed by atoms with E-state index < -0.39 is 58.0 Å². The Hall–Kier alpha value is -3.21. The number of carbonyl (C=O) groups is 3. The predicted molar refractivity (Wildman–Crippen MR) is 129 cm³/mol. The Morgan fingerprint density at radius 2 is 1.84 bits per heavy atom.